The van der Waals surface area contributed by atoms with Crippen molar-refractivity contribution in [1.29, 1.82) is 0 Å². The van der Waals surface area contributed by atoms with Crippen molar-refractivity contribution in [3.8, 4) is 0 Å². The van der Waals surface area contributed by atoms with Crippen molar-refractivity contribution in [3.05, 3.63) is 65.2 Å². The summed E-state index contributed by atoms with van der Waals surface area (Å²) in [6.07, 6.45) is 8.19. The third-order valence-corrected chi connectivity index (χ3v) is 5.81. The molecular weight excluding hydrogens is 330 g/mol. The number of hydrogen-bond donors (Lipinski definition) is 0. The predicted molar refractivity (Wildman–Crippen MR) is 103 cm³/mol. The van der Waals surface area contributed by atoms with Crippen molar-refractivity contribution in [1.82, 2.24) is 0 Å². The molecule has 0 amide bonds. The van der Waals surface area contributed by atoms with Gasteiger partial charge in [-0.3, -0.25) is 0 Å². The van der Waals surface area contributed by atoms with Gasteiger partial charge in [-0.1, -0.05) is 60.3 Å². The summed E-state index contributed by atoms with van der Waals surface area (Å²) in [5.74, 6) is -0.436. The maximum absolute atomic E-state index is 12.0. The summed E-state index contributed by atoms with van der Waals surface area (Å²) < 4.78 is 0. The second-order valence-electron chi connectivity index (χ2n) is 6.39. The van der Waals surface area contributed by atoms with E-state index in [4.69, 9.17) is 4.84 Å². The molecule has 0 aliphatic heterocycles. The van der Waals surface area contributed by atoms with Gasteiger partial charge in [0.1, 0.15) is 0 Å². The molecule has 0 atom stereocenters. The molecule has 25 heavy (non-hydrogen) atoms. The Bertz CT molecular complexity index is 734. The summed E-state index contributed by atoms with van der Waals surface area (Å²) in [5.41, 5.74) is 2.61. The highest BCUT2D eigenvalue weighted by Crippen LogP contribution is 2.34. The molecule has 1 saturated carbocycles. The lowest BCUT2D eigenvalue weighted by atomic mass is 10.0. The fourth-order valence-electron chi connectivity index (χ4n) is 2.93. The molecule has 4 heteroatoms. The average molecular weight is 353 g/mol. The van der Waals surface area contributed by atoms with Gasteiger partial charge in [0.2, 0.25) is 0 Å². The van der Waals surface area contributed by atoms with Gasteiger partial charge in [-0.05, 0) is 38.0 Å². The number of carbonyl (C=O) groups is 1. The zero-order chi connectivity index (χ0) is 17.5. The van der Waals surface area contributed by atoms with Crippen LogP contribution in [0.3, 0.4) is 0 Å². The summed E-state index contributed by atoms with van der Waals surface area (Å²) in [6.45, 7) is 1.98. The van der Waals surface area contributed by atoms with Gasteiger partial charge in [0.25, 0.3) is 0 Å². The maximum Gasteiger partial charge on any atom is 0.365 e. The van der Waals surface area contributed by atoms with E-state index >= 15 is 0 Å². The number of hydrogen-bond acceptors (Lipinski definition) is 4. The van der Waals surface area contributed by atoms with Crippen LogP contribution in [0.2, 0.25) is 0 Å². The van der Waals surface area contributed by atoms with Crippen LogP contribution in [0.25, 0.3) is 0 Å². The molecule has 1 fully saturated rings. The Kier molecular flexibility index (Phi) is 6.29. The minimum atomic E-state index is -0.436. The second-order valence-corrected chi connectivity index (χ2v) is 7.74. The first-order valence-corrected chi connectivity index (χ1v) is 9.67. The van der Waals surface area contributed by atoms with Crippen LogP contribution >= 0.6 is 11.8 Å². The minimum Gasteiger partial charge on any atom is -0.313 e. The lowest BCUT2D eigenvalue weighted by Gasteiger charge is -2.21. The van der Waals surface area contributed by atoms with E-state index in [0.29, 0.717) is 10.8 Å². The lowest BCUT2D eigenvalue weighted by Crippen LogP contribution is -2.08. The molecule has 1 aliphatic carbocycles. The molecule has 0 heterocycles. The fraction of sp³-hybridized carbons (Fsp3) is 0.333. The van der Waals surface area contributed by atoms with Crippen molar-refractivity contribution < 1.29 is 9.63 Å². The fourth-order valence-corrected chi connectivity index (χ4v) is 4.27. The maximum atomic E-state index is 12.0. The van der Waals surface area contributed by atoms with Crippen LogP contribution in [0.1, 0.15) is 53.6 Å². The summed E-state index contributed by atoms with van der Waals surface area (Å²) in [6, 6.07) is 15.4. The van der Waals surface area contributed by atoms with E-state index in [1.54, 1.807) is 18.3 Å². The molecule has 2 aromatic carbocycles. The van der Waals surface area contributed by atoms with Crippen LogP contribution in [-0.4, -0.2) is 17.4 Å². The number of rotatable bonds is 5. The largest absolute Gasteiger partial charge is 0.365 e. The number of oxime groups is 1. The van der Waals surface area contributed by atoms with Crippen molar-refractivity contribution in [2.24, 2.45) is 5.16 Å². The first-order chi connectivity index (χ1) is 12.2. The molecule has 0 saturated heterocycles. The number of aryl methyl sites for hydroxylation is 1. The third kappa shape index (κ3) is 5.20. The highest BCUT2D eigenvalue weighted by molar-refractivity contribution is 8.00. The Morgan fingerprint density at radius 1 is 1.08 bits per heavy atom. The predicted octanol–water partition coefficient (Wildman–Crippen LogP) is 5.61. The van der Waals surface area contributed by atoms with Crippen LogP contribution in [0.4, 0.5) is 0 Å². The summed E-state index contributed by atoms with van der Waals surface area (Å²) in [5, 5.41) is 4.59. The molecule has 0 unspecified atom stereocenters. The van der Waals surface area contributed by atoms with Crippen LogP contribution in [0.15, 0.2) is 58.6 Å². The first kappa shape index (κ1) is 17.7. The summed E-state index contributed by atoms with van der Waals surface area (Å²) in [7, 11) is 0. The van der Waals surface area contributed by atoms with Gasteiger partial charge in [-0.15, -0.1) is 11.8 Å². The van der Waals surface area contributed by atoms with Gasteiger partial charge in [-0.25, -0.2) is 4.79 Å². The molecule has 0 N–H and O–H groups in total. The Morgan fingerprint density at radius 3 is 2.56 bits per heavy atom. The van der Waals surface area contributed by atoms with Crippen molar-refractivity contribution >= 4 is 23.9 Å². The van der Waals surface area contributed by atoms with Crippen molar-refractivity contribution in [3.63, 3.8) is 0 Å². The molecule has 1 aliphatic rings. The van der Waals surface area contributed by atoms with Gasteiger partial charge in [0, 0.05) is 15.7 Å². The first-order valence-electron chi connectivity index (χ1n) is 8.79. The molecule has 3 nitrogen and oxygen atoms in total. The molecular formula is C21H23NO2S. The zero-order valence-electron chi connectivity index (χ0n) is 14.5. The van der Waals surface area contributed by atoms with Gasteiger partial charge in [-0.2, -0.15) is 0 Å². The number of benzene rings is 2. The molecule has 130 valence electrons. The quantitative estimate of drug-likeness (QED) is 0.398. The minimum absolute atomic E-state index is 0.436. The Labute approximate surface area is 153 Å². The van der Waals surface area contributed by atoms with E-state index < -0.39 is 5.97 Å². The number of nitrogens with zero attached hydrogens (tertiary/aromatic N) is 1. The number of carbonyl (C=O) groups excluding carboxylic acids is 1. The molecule has 2 aromatic rings. The van der Waals surface area contributed by atoms with E-state index in [2.05, 4.69) is 11.2 Å². The SMILES string of the molecule is Cc1ccc(C(=O)O/N=C\c2ccccc2SC2CCCCC2)cc1. The van der Waals surface area contributed by atoms with Gasteiger partial charge < -0.3 is 4.84 Å². The topological polar surface area (TPSA) is 38.7 Å². The van der Waals surface area contributed by atoms with Crippen LogP contribution in [0.5, 0.6) is 0 Å². The highest BCUT2D eigenvalue weighted by Gasteiger charge is 2.15. The average Bonchev–Trinajstić information content (AvgIpc) is 2.64. The normalized spacial score (nSPS) is 15.4. The van der Waals surface area contributed by atoms with Gasteiger partial charge in [0.15, 0.2) is 0 Å². The van der Waals surface area contributed by atoms with Gasteiger partial charge in [0.05, 0.1) is 11.8 Å². The molecule has 0 aromatic heterocycles. The summed E-state index contributed by atoms with van der Waals surface area (Å²) in [4.78, 5) is 18.2. The van der Waals surface area contributed by atoms with Crippen LogP contribution in [-0.2, 0) is 4.84 Å². The third-order valence-electron chi connectivity index (χ3n) is 4.38. The monoisotopic (exact) mass is 353 g/mol. The second kappa shape index (κ2) is 8.86. The molecule has 0 bridgehead atoms. The number of thioether (sulfide) groups is 1. The zero-order valence-corrected chi connectivity index (χ0v) is 15.3. The Morgan fingerprint density at radius 2 is 1.80 bits per heavy atom. The van der Waals surface area contributed by atoms with Crippen LogP contribution < -0.4 is 0 Å². The standard InChI is InChI=1S/C21H23NO2S/c1-16-11-13-17(14-12-16)21(23)24-22-15-18-7-5-6-10-20(18)25-19-8-3-2-4-9-19/h5-7,10-15,19H,2-4,8-9H2,1H3/b22-15-. The van der Waals surface area contributed by atoms with E-state index in [1.807, 2.05) is 49.0 Å². The molecule has 0 spiro atoms. The summed E-state index contributed by atoms with van der Waals surface area (Å²) >= 11 is 1.92. The highest BCUT2D eigenvalue weighted by atomic mass is 32.2. The van der Waals surface area contributed by atoms with Crippen molar-refractivity contribution in [2.75, 3.05) is 0 Å². The molecule has 3 rings (SSSR count). The molecule has 0 radical (unpaired) electrons. The van der Waals surface area contributed by atoms with Crippen molar-refractivity contribution in [2.45, 2.75) is 49.2 Å². The Balaban J connectivity index is 1.62. The lowest BCUT2D eigenvalue weighted by molar-refractivity contribution is 0.0519. The van der Waals surface area contributed by atoms with E-state index in [1.165, 1.54) is 37.0 Å². The Hall–Kier alpha value is -2.07. The van der Waals surface area contributed by atoms with Gasteiger partial charge >= 0.3 is 5.97 Å². The van der Waals surface area contributed by atoms with E-state index in [9.17, 15) is 4.79 Å². The smallest absolute Gasteiger partial charge is 0.313 e. The van der Waals surface area contributed by atoms with E-state index in [-0.39, 0.29) is 0 Å². The van der Waals surface area contributed by atoms with Crippen LogP contribution in [0, 0.1) is 6.92 Å². The van der Waals surface area contributed by atoms with E-state index in [0.717, 1.165) is 11.1 Å².